The molecule has 0 atom stereocenters. The van der Waals surface area contributed by atoms with Gasteiger partial charge in [-0.05, 0) is 57.8 Å². The molecular weight excluding hydrogens is 240 g/mol. The molecule has 2 aliphatic rings. The van der Waals surface area contributed by atoms with E-state index in [1.54, 1.807) is 0 Å². The maximum absolute atomic E-state index is 6.66. The molecule has 2 N–H and O–H groups in total. The molecule has 0 unspecified atom stereocenters. The lowest BCUT2D eigenvalue weighted by Crippen LogP contribution is -2.43. The lowest BCUT2D eigenvalue weighted by atomic mass is 9.67. The van der Waals surface area contributed by atoms with Crippen LogP contribution >= 0.6 is 11.3 Å². The van der Waals surface area contributed by atoms with Crippen molar-refractivity contribution in [3.63, 3.8) is 0 Å². The van der Waals surface area contributed by atoms with Gasteiger partial charge in [0.05, 0.1) is 11.2 Å². The highest BCUT2D eigenvalue weighted by Crippen LogP contribution is 2.53. The number of nitrogens with two attached hydrogens (primary N) is 1. The summed E-state index contributed by atoms with van der Waals surface area (Å²) in [6.45, 7) is 4.25. The molecule has 0 aromatic carbocycles. The van der Waals surface area contributed by atoms with E-state index in [9.17, 15) is 0 Å². The van der Waals surface area contributed by atoms with Crippen LogP contribution in [-0.4, -0.2) is 4.98 Å². The molecule has 0 saturated heterocycles. The second kappa shape index (κ2) is 4.31. The Bertz CT molecular complexity index is 414. The van der Waals surface area contributed by atoms with Crippen molar-refractivity contribution in [3.05, 3.63) is 15.6 Å². The third-order valence-electron chi connectivity index (χ3n) is 5.32. The summed E-state index contributed by atoms with van der Waals surface area (Å²) in [5, 5.41) is 1.19. The first-order valence-corrected chi connectivity index (χ1v) is 8.08. The largest absolute Gasteiger partial charge is 0.319 e. The van der Waals surface area contributed by atoms with E-state index in [2.05, 4.69) is 13.8 Å². The summed E-state index contributed by atoms with van der Waals surface area (Å²) in [7, 11) is 0. The second-order valence-corrected chi connectivity index (χ2v) is 7.73. The predicted octanol–water partition coefficient (Wildman–Crippen LogP) is 4.05. The normalized spacial score (nSPS) is 25.7. The summed E-state index contributed by atoms with van der Waals surface area (Å²) in [6, 6.07) is 0. The van der Waals surface area contributed by atoms with Crippen LogP contribution in [0.1, 0.15) is 66.9 Å². The summed E-state index contributed by atoms with van der Waals surface area (Å²) in [6.07, 6.45) is 10.7. The van der Waals surface area contributed by atoms with Crippen molar-refractivity contribution in [2.75, 3.05) is 0 Å². The minimum absolute atomic E-state index is 0.127. The van der Waals surface area contributed by atoms with Crippen molar-refractivity contribution in [2.24, 2.45) is 11.1 Å². The fraction of sp³-hybridized carbons (Fsp3) is 0.800. The fourth-order valence-electron chi connectivity index (χ4n) is 3.75. The number of aromatic nitrogens is 1. The Morgan fingerprint density at radius 3 is 2.11 bits per heavy atom. The SMILES string of the molecule is Cc1nc(C2(N)CCC3(CCCC3)CC2)sc1C. The first-order valence-electron chi connectivity index (χ1n) is 7.27. The molecule has 1 spiro atoms. The van der Waals surface area contributed by atoms with Crippen molar-refractivity contribution >= 4 is 11.3 Å². The van der Waals surface area contributed by atoms with Crippen LogP contribution in [0.3, 0.4) is 0 Å². The van der Waals surface area contributed by atoms with E-state index in [0.29, 0.717) is 5.41 Å². The van der Waals surface area contributed by atoms with E-state index in [4.69, 9.17) is 10.7 Å². The van der Waals surface area contributed by atoms with Gasteiger partial charge in [0, 0.05) is 4.88 Å². The Kier molecular flexibility index (Phi) is 3.02. The highest BCUT2D eigenvalue weighted by atomic mass is 32.1. The molecule has 18 heavy (non-hydrogen) atoms. The highest BCUT2D eigenvalue weighted by Gasteiger charge is 2.44. The van der Waals surface area contributed by atoms with Crippen LogP contribution in [0.25, 0.3) is 0 Å². The van der Waals surface area contributed by atoms with Gasteiger partial charge in [-0.1, -0.05) is 12.8 Å². The number of hydrogen-bond donors (Lipinski definition) is 1. The first-order chi connectivity index (χ1) is 8.53. The molecule has 100 valence electrons. The Balaban J connectivity index is 1.77. The molecule has 3 heteroatoms. The van der Waals surface area contributed by atoms with Crippen LogP contribution in [-0.2, 0) is 5.54 Å². The number of hydrogen-bond acceptors (Lipinski definition) is 3. The second-order valence-electron chi connectivity index (χ2n) is 6.52. The Hall–Kier alpha value is -0.410. The standard InChI is InChI=1S/C15H24N2S/c1-11-12(2)18-13(17-11)15(16)9-7-14(8-10-15)5-3-4-6-14/h3-10,16H2,1-2H3. The van der Waals surface area contributed by atoms with Crippen LogP contribution in [0.5, 0.6) is 0 Å². The highest BCUT2D eigenvalue weighted by molar-refractivity contribution is 7.11. The van der Waals surface area contributed by atoms with Gasteiger partial charge in [0.15, 0.2) is 0 Å². The van der Waals surface area contributed by atoms with Gasteiger partial charge < -0.3 is 5.73 Å². The molecule has 1 aromatic heterocycles. The van der Waals surface area contributed by atoms with Gasteiger partial charge in [-0.2, -0.15) is 0 Å². The van der Waals surface area contributed by atoms with Crippen LogP contribution < -0.4 is 5.73 Å². The van der Waals surface area contributed by atoms with E-state index in [1.165, 1.54) is 54.1 Å². The zero-order valence-electron chi connectivity index (χ0n) is 11.6. The summed E-state index contributed by atoms with van der Waals surface area (Å²) in [5.41, 5.74) is 8.36. The van der Waals surface area contributed by atoms with Gasteiger partial charge in [0.1, 0.15) is 5.01 Å². The number of rotatable bonds is 1. The minimum atomic E-state index is -0.127. The van der Waals surface area contributed by atoms with Crippen LogP contribution in [0.2, 0.25) is 0 Å². The minimum Gasteiger partial charge on any atom is -0.319 e. The summed E-state index contributed by atoms with van der Waals surface area (Å²) >= 11 is 1.81. The zero-order chi connectivity index (χ0) is 12.8. The predicted molar refractivity (Wildman–Crippen MR) is 76.8 cm³/mol. The monoisotopic (exact) mass is 264 g/mol. The van der Waals surface area contributed by atoms with E-state index < -0.39 is 0 Å². The molecule has 2 fully saturated rings. The van der Waals surface area contributed by atoms with Crippen molar-refractivity contribution < 1.29 is 0 Å². The molecule has 1 aromatic rings. The Labute approximate surface area is 114 Å². The topological polar surface area (TPSA) is 38.9 Å². The van der Waals surface area contributed by atoms with E-state index in [1.807, 2.05) is 11.3 Å². The van der Waals surface area contributed by atoms with Gasteiger partial charge in [-0.25, -0.2) is 4.98 Å². The van der Waals surface area contributed by atoms with Crippen LogP contribution in [0.4, 0.5) is 0 Å². The molecular formula is C15H24N2S. The van der Waals surface area contributed by atoms with Gasteiger partial charge in [0.25, 0.3) is 0 Å². The van der Waals surface area contributed by atoms with Crippen molar-refractivity contribution in [3.8, 4) is 0 Å². The van der Waals surface area contributed by atoms with Crippen LogP contribution in [0, 0.1) is 19.3 Å². The summed E-state index contributed by atoms with van der Waals surface area (Å²) < 4.78 is 0. The lowest BCUT2D eigenvalue weighted by molar-refractivity contribution is 0.134. The summed E-state index contributed by atoms with van der Waals surface area (Å²) in [5.74, 6) is 0. The number of aryl methyl sites for hydroxylation is 2. The van der Waals surface area contributed by atoms with Crippen LogP contribution in [0.15, 0.2) is 0 Å². The van der Waals surface area contributed by atoms with Gasteiger partial charge in [-0.15, -0.1) is 11.3 Å². The van der Waals surface area contributed by atoms with E-state index >= 15 is 0 Å². The smallest absolute Gasteiger partial charge is 0.113 e. The average molecular weight is 264 g/mol. The Morgan fingerprint density at radius 2 is 1.61 bits per heavy atom. The fourth-order valence-corrected chi connectivity index (χ4v) is 4.82. The van der Waals surface area contributed by atoms with Crippen molar-refractivity contribution in [1.29, 1.82) is 0 Å². The maximum atomic E-state index is 6.66. The summed E-state index contributed by atoms with van der Waals surface area (Å²) in [4.78, 5) is 6.04. The van der Waals surface area contributed by atoms with Gasteiger partial charge in [0.2, 0.25) is 0 Å². The third kappa shape index (κ3) is 2.01. The lowest BCUT2D eigenvalue weighted by Gasteiger charge is -2.42. The first kappa shape index (κ1) is 12.6. The Morgan fingerprint density at radius 1 is 1.00 bits per heavy atom. The number of nitrogens with zero attached hydrogens (tertiary/aromatic N) is 1. The van der Waals surface area contributed by atoms with E-state index in [0.717, 1.165) is 12.8 Å². The van der Waals surface area contributed by atoms with Crippen molar-refractivity contribution in [2.45, 2.75) is 70.8 Å². The van der Waals surface area contributed by atoms with Gasteiger partial charge >= 0.3 is 0 Å². The molecule has 2 nitrogen and oxygen atoms in total. The third-order valence-corrected chi connectivity index (χ3v) is 6.61. The molecule has 3 rings (SSSR count). The maximum Gasteiger partial charge on any atom is 0.113 e. The molecule has 2 aliphatic carbocycles. The molecule has 0 radical (unpaired) electrons. The quantitative estimate of drug-likeness (QED) is 0.831. The van der Waals surface area contributed by atoms with E-state index in [-0.39, 0.29) is 5.54 Å². The molecule has 0 bridgehead atoms. The number of thiazole rings is 1. The molecule has 0 amide bonds. The van der Waals surface area contributed by atoms with Gasteiger partial charge in [-0.3, -0.25) is 0 Å². The van der Waals surface area contributed by atoms with Crippen molar-refractivity contribution in [1.82, 2.24) is 4.98 Å². The molecule has 1 heterocycles. The molecule has 2 saturated carbocycles. The zero-order valence-corrected chi connectivity index (χ0v) is 12.4. The molecule has 0 aliphatic heterocycles. The average Bonchev–Trinajstić information content (AvgIpc) is 2.93.